The number of hydrogen-bond donors (Lipinski definition) is 1. The van der Waals surface area contributed by atoms with E-state index in [-0.39, 0.29) is 6.42 Å². The second-order valence-electron chi connectivity index (χ2n) is 4.61. The van der Waals surface area contributed by atoms with Crippen LogP contribution in [0.1, 0.15) is 58.8 Å². The Kier molecular flexibility index (Phi) is 11.3. The van der Waals surface area contributed by atoms with Crippen molar-refractivity contribution in [2.24, 2.45) is 5.73 Å². The van der Waals surface area contributed by atoms with Gasteiger partial charge in [-0.2, -0.15) is 0 Å². The molecule has 2 N–H and O–H groups in total. The van der Waals surface area contributed by atoms with E-state index in [1.165, 1.54) is 0 Å². The predicted molar refractivity (Wildman–Crippen MR) is 73.6 cm³/mol. The third-order valence-electron chi connectivity index (χ3n) is 2.69. The van der Waals surface area contributed by atoms with Crippen molar-refractivity contribution in [3.05, 3.63) is 0 Å². The number of esters is 2. The van der Waals surface area contributed by atoms with Gasteiger partial charge in [0, 0.05) is 0 Å². The summed E-state index contributed by atoms with van der Waals surface area (Å²) in [6.07, 6.45) is 5.74. The molecular formula is C14H27NO4. The minimum absolute atomic E-state index is 0.112. The lowest BCUT2D eigenvalue weighted by Gasteiger charge is -2.11. The Morgan fingerprint density at radius 3 is 2.00 bits per heavy atom. The fraction of sp³-hybridized carbons (Fsp3) is 0.857. The maximum atomic E-state index is 11.5. The highest BCUT2D eigenvalue weighted by Crippen LogP contribution is 2.00. The Balaban J connectivity index is 3.66. The predicted octanol–water partition coefficient (Wildman–Crippen LogP) is 2.17. The van der Waals surface area contributed by atoms with Crippen LogP contribution in [-0.4, -0.2) is 31.2 Å². The van der Waals surface area contributed by atoms with E-state index in [1.54, 1.807) is 0 Å². The molecule has 0 saturated carbocycles. The van der Waals surface area contributed by atoms with Crippen molar-refractivity contribution in [3.8, 4) is 0 Å². The number of rotatable bonds is 11. The van der Waals surface area contributed by atoms with Crippen LogP contribution >= 0.6 is 0 Å². The molecule has 0 radical (unpaired) electrons. The average Bonchev–Trinajstić information content (AvgIpc) is 2.39. The first-order valence-electron chi connectivity index (χ1n) is 7.19. The summed E-state index contributed by atoms with van der Waals surface area (Å²) in [6, 6.07) is -0.916. The molecule has 0 spiro atoms. The molecule has 19 heavy (non-hydrogen) atoms. The maximum absolute atomic E-state index is 11.5. The zero-order valence-corrected chi connectivity index (χ0v) is 12.2. The molecule has 0 aliphatic rings. The van der Waals surface area contributed by atoms with Crippen LogP contribution in [-0.2, 0) is 19.1 Å². The van der Waals surface area contributed by atoms with Gasteiger partial charge in [0.15, 0.2) is 0 Å². The molecular weight excluding hydrogens is 246 g/mol. The molecule has 0 aromatic heterocycles. The van der Waals surface area contributed by atoms with Crippen molar-refractivity contribution in [2.75, 3.05) is 13.2 Å². The van der Waals surface area contributed by atoms with Gasteiger partial charge in [0.2, 0.25) is 0 Å². The van der Waals surface area contributed by atoms with E-state index >= 15 is 0 Å². The van der Waals surface area contributed by atoms with Crippen molar-refractivity contribution < 1.29 is 19.1 Å². The Labute approximate surface area is 115 Å². The van der Waals surface area contributed by atoms with Crippen molar-refractivity contribution in [1.82, 2.24) is 0 Å². The van der Waals surface area contributed by atoms with Gasteiger partial charge >= 0.3 is 11.9 Å². The first kappa shape index (κ1) is 17.9. The Hall–Kier alpha value is -1.10. The molecule has 0 bridgehead atoms. The number of unbranched alkanes of at least 4 members (excludes halogenated alkanes) is 4. The van der Waals surface area contributed by atoms with E-state index in [9.17, 15) is 9.59 Å². The second kappa shape index (κ2) is 12.0. The first-order valence-corrected chi connectivity index (χ1v) is 7.19. The average molecular weight is 273 g/mol. The molecule has 1 atom stereocenters. The quantitative estimate of drug-likeness (QED) is 0.461. The van der Waals surface area contributed by atoms with Gasteiger partial charge in [-0.3, -0.25) is 9.59 Å². The summed E-state index contributed by atoms with van der Waals surface area (Å²) in [5.41, 5.74) is 5.59. The summed E-state index contributed by atoms with van der Waals surface area (Å²) in [7, 11) is 0. The fourth-order valence-electron chi connectivity index (χ4n) is 1.49. The molecule has 5 heteroatoms. The maximum Gasteiger partial charge on any atom is 0.323 e. The normalized spacial score (nSPS) is 11.9. The first-order chi connectivity index (χ1) is 9.11. The monoisotopic (exact) mass is 273 g/mol. The van der Waals surface area contributed by atoms with Crippen molar-refractivity contribution in [2.45, 2.75) is 64.8 Å². The van der Waals surface area contributed by atoms with Gasteiger partial charge in [-0.05, 0) is 12.8 Å². The molecule has 0 aromatic rings. The molecule has 0 amide bonds. The zero-order chi connectivity index (χ0) is 14.5. The summed E-state index contributed by atoms with van der Waals surface area (Å²) in [5, 5.41) is 0. The summed E-state index contributed by atoms with van der Waals surface area (Å²) in [6.45, 7) is 4.91. The van der Waals surface area contributed by atoms with Gasteiger partial charge in [-0.15, -0.1) is 0 Å². The summed E-state index contributed by atoms with van der Waals surface area (Å²) in [4.78, 5) is 22.9. The minimum atomic E-state index is -0.916. The molecule has 0 aromatic carbocycles. The molecule has 5 nitrogen and oxygen atoms in total. The smallest absolute Gasteiger partial charge is 0.323 e. The largest absolute Gasteiger partial charge is 0.466 e. The summed E-state index contributed by atoms with van der Waals surface area (Å²) in [5.74, 6) is -0.962. The van der Waals surface area contributed by atoms with Crippen molar-refractivity contribution >= 4 is 11.9 Å². The Morgan fingerprint density at radius 1 is 0.947 bits per heavy atom. The lowest BCUT2D eigenvalue weighted by atomic mass is 10.2. The number of carbonyl (C=O) groups is 2. The molecule has 112 valence electrons. The SMILES string of the molecule is CCCCCOC(=O)CC(N)C(=O)OCCCCC. The Morgan fingerprint density at radius 2 is 1.47 bits per heavy atom. The van der Waals surface area contributed by atoms with E-state index in [0.29, 0.717) is 13.2 Å². The molecule has 0 aliphatic carbocycles. The standard InChI is InChI=1S/C14H27NO4/c1-3-5-7-9-18-13(16)11-12(15)14(17)19-10-8-6-4-2/h12H,3-11,15H2,1-2H3. The molecule has 0 aliphatic heterocycles. The van der Waals surface area contributed by atoms with Gasteiger partial charge in [0.1, 0.15) is 6.04 Å². The van der Waals surface area contributed by atoms with E-state index in [0.717, 1.165) is 38.5 Å². The highest BCUT2D eigenvalue weighted by Gasteiger charge is 2.19. The van der Waals surface area contributed by atoms with Gasteiger partial charge in [0.25, 0.3) is 0 Å². The highest BCUT2D eigenvalue weighted by molar-refractivity contribution is 5.82. The van der Waals surface area contributed by atoms with Crippen molar-refractivity contribution in [1.29, 1.82) is 0 Å². The fourth-order valence-corrected chi connectivity index (χ4v) is 1.49. The number of hydrogen-bond acceptors (Lipinski definition) is 5. The summed E-state index contributed by atoms with van der Waals surface area (Å²) >= 11 is 0. The molecule has 0 saturated heterocycles. The van der Waals surface area contributed by atoms with E-state index in [1.807, 2.05) is 0 Å². The lowest BCUT2D eigenvalue weighted by molar-refractivity contribution is -0.152. The lowest BCUT2D eigenvalue weighted by Crippen LogP contribution is -2.35. The van der Waals surface area contributed by atoms with Crippen molar-refractivity contribution in [3.63, 3.8) is 0 Å². The molecule has 0 rings (SSSR count). The summed E-state index contributed by atoms with van der Waals surface area (Å²) < 4.78 is 9.96. The van der Waals surface area contributed by atoms with Gasteiger partial charge in [0.05, 0.1) is 19.6 Å². The van der Waals surface area contributed by atoms with Crippen LogP contribution in [0.4, 0.5) is 0 Å². The van der Waals surface area contributed by atoms with E-state index < -0.39 is 18.0 Å². The van der Waals surface area contributed by atoms with Crippen LogP contribution in [0.3, 0.4) is 0 Å². The highest BCUT2D eigenvalue weighted by atomic mass is 16.5. The van der Waals surface area contributed by atoms with Crippen LogP contribution in [0, 0.1) is 0 Å². The number of carbonyl (C=O) groups excluding carboxylic acids is 2. The Bertz CT molecular complexity index is 256. The molecule has 0 heterocycles. The van der Waals surface area contributed by atoms with E-state index in [2.05, 4.69) is 13.8 Å². The van der Waals surface area contributed by atoms with Gasteiger partial charge in [-0.1, -0.05) is 39.5 Å². The van der Waals surface area contributed by atoms with Gasteiger partial charge < -0.3 is 15.2 Å². The third-order valence-corrected chi connectivity index (χ3v) is 2.69. The number of ether oxygens (including phenoxy) is 2. The number of nitrogens with two attached hydrogens (primary N) is 1. The van der Waals surface area contributed by atoms with E-state index in [4.69, 9.17) is 15.2 Å². The zero-order valence-electron chi connectivity index (χ0n) is 12.2. The molecule has 0 fully saturated rings. The van der Waals surface area contributed by atoms with Crippen LogP contribution in [0.5, 0.6) is 0 Å². The van der Waals surface area contributed by atoms with Gasteiger partial charge in [-0.25, -0.2) is 0 Å². The topological polar surface area (TPSA) is 78.6 Å². The second-order valence-corrected chi connectivity index (χ2v) is 4.61. The van der Waals surface area contributed by atoms with Crippen LogP contribution in [0.25, 0.3) is 0 Å². The third kappa shape index (κ3) is 10.5. The van der Waals surface area contributed by atoms with Crippen LogP contribution < -0.4 is 5.73 Å². The van der Waals surface area contributed by atoms with Crippen LogP contribution in [0.2, 0.25) is 0 Å². The minimum Gasteiger partial charge on any atom is -0.466 e. The van der Waals surface area contributed by atoms with Crippen LogP contribution in [0.15, 0.2) is 0 Å². The molecule has 1 unspecified atom stereocenters.